The Kier molecular flexibility index (Phi) is 3.40. The molecule has 3 rings (SSSR count). The van der Waals surface area contributed by atoms with E-state index in [0.717, 1.165) is 24.3 Å². The number of benzene rings is 1. The number of ether oxygens (including phenoxy) is 3. The van der Waals surface area contributed by atoms with Crippen LogP contribution in [0.15, 0.2) is 23.2 Å². The van der Waals surface area contributed by atoms with Crippen LogP contribution in [-0.4, -0.2) is 32.5 Å². The van der Waals surface area contributed by atoms with Crippen LogP contribution in [0.25, 0.3) is 0 Å². The molecular formula is C14H19N3O3. The van der Waals surface area contributed by atoms with Crippen molar-refractivity contribution < 1.29 is 14.2 Å². The van der Waals surface area contributed by atoms with Crippen molar-refractivity contribution in [3.05, 3.63) is 23.8 Å². The molecule has 0 saturated carbocycles. The van der Waals surface area contributed by atoms with Crippen LogP contribution in [0.1, 0.15) is 18.4 Å². The Balaban J connectivity index is 1.94. The van der Waals surface area contributed by atoms with Crippen LogP contribution in [0.3, 0.4) is 0 Å². The van der Waals surface area contributed by atoms with Crippen molar-refractivity contribution in [1.82, 2.24) is 0 Å². The molecule has 0 atom stereocenters. The van der Waals surface area contributed by atoms with Gasteiger partial charge in [0.05, 0.1) is 6.54 Å². The van der Waals surface area contributed by atoms with Gasteiger partial charge in [-0.1, -0.05) is 6.07 Å². The Morgan fingerprint density at radius 3 is 2.65 bits per heavy atom. The molecule has 0 spiro atoms. The van der Waals surface area contributed by atoms with Crippen LogP contribution >= 0.6 is 0 Å². The second-order valence-electron chi connectivity index (χ2n) is 5.20. The van der Waals surface area contributed by atoms with Crippen molar-refractivity contribution >= 4 is 5.96 Å². The summed E-state index contributed by atoms with van der Waals surface area (Å²) in [6.07, 6.45) is 1.78. The van der Waals surface area contributed by atoms with Gasteiger partial charge < -0.3 is 25.7 Å². The lowest BCUT2D eigenvalue weighted by atomic mass is 9.74. The van der Waals surface area contributed by atoms with Crippen molar-refractivity contribution in [2.24, 2.45) is 16.5 Å². The fraction of sp³-hybridized carbons (Fsp3) is 0.500. The third-order valence-electron chi connectivity index (χ3n) is 4.00. The SMILES string of the molecule is NC(N)=NCC1(c2ccc3c(c2)OCO3)CCOCC1. The van der Waals surface area contributed by atoms with Crippen LogP contribution in [0.5, 0.6) is 11.5 Å². The molecule has 1 saturated heterocycles. The zero-order chi connectivity index (χ0) is 14.0. The Morgan fingerprint density at radius 1 is 1.15 bits per heavy atom. The summed E-state index contributed by atoms with van der Waals surface area (Å²) in [4.78, 5) is 4.23. The molecule has 0 unspecified atom stereocenters. The van der Waals surface area contributed by atoms with Gasteiger partial charge >= 0.3 is 0 Å². The molecule has 108 valence electrons. The monoisotopic (exact) mass is 277 g/mol. The first kappa shape index (κ1) is 13.1. The number of nitrogens with zero attached hydrogens (tertiary/aromatic N) is 1. The molecular weight excluding hydrogens is 258 g/mol. The zero-order valence-electron chi connectivity index (χ0n) is 11.3. The van der Waals surface area contributed by atoms with Gasteiger partial charge in [0.2, 0.25) is 6.79 Å². The van der Waals surface area contributed by atoms with Crippen molar-refractivity contribution in [2.45, 2.75) is 18.3 Å². The molecule has 2 heterocycles. The summed E-state index contributed by atoms with van der Waals surface area (Å²) in [6.45, 7) is 2.28. The summed E-state index contributed by atoms with van der Waals surface area (Å²) in [5, 5.41) is 0. The quantitative estimate of drug-likeness (QED) is 0.628. The van der Waals surface area contributed by atoms with Gasteiger partial charge in [-0.25, -0.2) is 0 Å². The molecule has 1 aromatic rings. The van der Waals surface area contributed by atoms with E-state index in [-0.39, 0.29) is 18.2 Å². The van der Waals surface area contributed by atoms with Gasteiger partial charge in [-0.2, -0.15) is 0 Å². The summed E-state index contributed by atoms with van der Waals surface area (Å²) in [7, 11) is 0. The maximum Gasteiger partial charge on any atom is 0.231 e. The lowest BCUT2D eigenvalue weighted by Gasteiger charge is -2.36. The van der Waals surface area contributed by atoms with Crippen LogP contribution in [-0.2, 0) is 10.2 Å². The van der Waals surface area contributed by atoms with Gasteiger partial charge in [0.15, 0.2) is 17.5 Å². The molecule has 0 aliphatic carbocycles. The predicted molar refractivity (Wildman–Crippen MR) is 75.0 cm³/mol. The van der Waals surface area contributed by atoms with Crippen molar-refractivity contribution in [3.8, 4) is 11.5 Å². The highest BCUT2D eigenvalue weighted by Gasteiger charge is 2.35. The third-order valence-corrected chi connectivity index (χ3v) is 4.00. The Hall–Kier alpha value is -1.95. The van der Waals surface area contributed by atoms with Gasteiger partial charge in [0.25, 0.3) is 0 Å². The fourth-order valence-electron chi connectivity index (χ4n) is 2.77. The van der Waals surface area contributed by atoms with Gasteiger partial charge in [-0.05, 0) is 30.5 Å². The summed E-state index contributed by atoms with van der Waals surface area (Å²) in [5.74, 6) is 1.70. The zero-order valence-corrected chi connectivity index (χ0v) is 11.3. The van der Waals surface area contributed by atoms with Gasteiger partial charge in [0.1, 0.15) is 0 Å². The maximum absolute atomic E-state index is 5.49. The number of hydrogen-bond donors (Lipinski definition) is 2. The predicted octanol–water partition coefficient (Wildman–Crippen LogP) is 0.737. The summed E-state index contributed by atoms with van der Waals surface area (Å²) >= 11 is 0. The van der Waals surface area contributed by atoms with Crippen LogP contribution < -0.4 is 20.9 Å². The molecule has 4 N–H and O–H groups in total. The third kappa shape index (κ3) is 2.38. The Bertz CT molecular complexity index is 520. The summed E-state index contributed by atoms with van der Waals surface area (Å²) in [5.41, 5.74) is 12.1. The standard InChI is InChI=1S/C14H19N3O3/c15-13(16)17-8-14(3-5-18-6-4-14)10-1-2-11-12(7-10)20-9-19-11/h1-2,7H,3-6,8-9H2,(H4,15,16,17). The molecule has 0 aromatic heterocycles. The topological polar surface area (TPSA) is 92.1 Å². The fourth-order valence-corrected chi connectivity index (χ4v) is 2.77. The molecule has 0 bridgehead atoms. The average Bonchev–Trinajstić information content (AvgIpc) is 2.93. The van der Waals surface area contributed by atoms with Crippen molar-refractivity contribution in [2.75, 3.05) is 26.6 Å². The highest BCUT2D eigenvalue weighted by molar-refractivity contribution is 5.75. The largest absolute Gasteiger partial charge is 0.454 e. The normalized spacial score (nSPS) is 19.6. The van der Waals surface area contributed by atoms with E-state index in [1.807, 2.05) is 12.1 Å². The average molecular weight is 277 g/mol. The number of fused-ring (bicyclic) bond motifs is 1. The minimum absolute atomic E-state index is 0.0940. The van der Waals surface area contributed by atoms with Gasteiger partial charge in [0, 0.05) is 18.6 Å². The van der Waals surface area contributed by atoms with E-state index in [0.29, 0.717) is 19.8 Å². The molecule has 1 fully saturated rings. The first-order chi connectivity index (χ1) is 9.70. The molecule has 6 heteroatoms. The Morgan fingerprint density at radius 2 is 1.90 bits per heavy atom. The van der Waals surface area contributed by atoms with E-state index >= 15 is 0 Å². The second-order valence-corrected chi connectivity index (χ2v) is 5.20. The smallest absolute Gasteiger partial charge is 0.231 e. The van der Waals surface area contributed by atoms with Crippen molar-refractivity contribution in [3.63, 3.8) is 0 Å². The minimum Gasteiger partial charge on any atom is -0.454 e. The van der Waals surface area contributed by atoms with Crippen LogP contribution in [0, 0.1) is 0 Å². The highest BCUT2D eigenvalue weighted by atomic mass is 16.7. The van der Waals surface area contributed by atoms with E-state index in [1.54, 1.807) is 0 Å². The van der Waals surface area contributed by atoms with E-state index in [9.17, 15) is 0 Å². The molecule has 2 aliphatic heterocycles. The van der Waals surface area contributed by atoms with Crippen LogP contribution in [0.2, 0.25) is 0 Å². The highest BCUT2D eigenvalue weighted by Crippen LogP contribution is 2.41. The molecule has 20 heavy (non-hydrogen) atoms. The second kappa shape index (κ2) is 5.20. The molecule has 0 amide bonds. The summed E-state index contributed by atoms with van der Waals surface area (Å²) < 4.78 is 16.3. The number of aliphatic imine (C=N–C) groups is 1. The first-order valence-electron chi connectivity index (χ1n) is 6.73. The van der Waals surface area contributed by atoms with E-state index in [2.05, 4.69) is 11.1 Å². The first-order valence-corrected chi connectivity index (χ1v) is 6.73. The van der Waals surface area contributed by atoms with E-state index < -0.39 is 0 Å². The molecule has 0 radical (unpaired) electrons. The van der Waals surface area contributed by atoms with Crippen LogP contribution in [0.4, 0.5) is 0 Å². The maximum atomic E-state index is 5.49. The number of nitrogens with two attached hydrogens (primary N) is 2. The van der Waals surface area contributed by atoms with Gasteiger partial charge in [-0.15, -0.1) is 0 Å². The minimum atomic E-state index is -0.0940. The number of guanidine groups is 1. The number of hydrogen-bond acceptors (Lipinski definition) is 4. The van der Waals surface area contributed by atoms with E-state index in [1.165, 1.54) is 5.56 Å². The number of rotatable bonds is 3. The summed E-state index contributed by atoms with van der Waals surface area (Å²) in [6, 6.07) is 6.06. The molecule has 2 aliphatic rings. The Labute approximate surface area is 117 Å². The van der Waals surface area contributed by atoms with E-state index in [4.69, 9.17) is 25.7 Å². The van der Waals surface area contributed by atoms with Gasteiger partial charge in [-0.3, -0.25) is 4.99 Å². The lowest BCUT2D eigenvalue weighted by molar-refractivity contribution is 0.0530. The van der Waals surface area contributed by atoms with Crippen molar-refractivity contribution in [1.29, 1.82) is 0 Å². The molecule has 1 aromatic carbocycles. The lowest BCUT2D eigenvalue weighted by Crippen LogP contribution is -2.38. The molecule has 6 nitrogen and oxygen atoms in total.